The van der Waals surface area contributed by atoms with Gasteiger partial charge in [-0.05, 0) is 23.8 Å². The highest BCUT2D eigenvalue weighted by Crippen LogP contribution is 2.24. The van der Waals surface area contributed by atoms with Gasteiger partial charge in [0.05, 0.1) is 13.1 Å². The number of amidine groups is 1. The van der Waals surface area contributed by atoms with Crippen LogP contribution in [-0.4, -0.2) is 32.9 Å². The maximum absolute atomic E-state index is 12.7. The molecule has 1 atom stereocenters. The number of carbonyl (C=O) groups is 1. The van der Waals surface area contributed by atoms with Gasteiger partial charge in [0, 0.05) is 23.3 Å². The minimum Gasteiger partial charge on any atom is -0.307 e. The molecule has 0 unspecified atom stereocenters. The third kappa shape index (κ3) is 4.10. The second-order valence-electron chi connectivity index (χ2n) is 5.30. The summed E-state index contributed by atoms with van der Waals surface area (Å²) < 4.78 is 0. The first-order valence-electron chi connectivity index (χ1n) is 7.46. The summed E-state index contributed by atoms with van der Waals surface area (Å²) in [5.41, 5.74) is 1.74. The van der Waals surface area contributed by atoms with E-state index in [1.54, 1.807) is 29.1 Å². The van der Waals surface area contributed by atoms with E-state index < -0.39 is 0 Å². The summed E-state index contributed by atoms with van der Waals surface area (Å²) >= 11 is 1.63. The summed E-state index contributed by atoms with van der Waals surface area (Å²) in [6.45, 7) is 3.30. The van der Waals surface area contributed by atoms with Gasteiger partial charge in [-0.2, -0.15) is 0 Å². The standard InChI is InChI=1S/C17H18N4OS/c1-13-10-19-17(23-13)21(12-14-6-5-9-18-11-14)16(22)20-15-7-3-2-4-8-15/h2-9,11,13H,10,12H2,1H3,(H,20,22)/t13-/m0/s1. The highest BCUT2D eigenvalue weighted by atomic mass is 32.2. The highest BCUT2D eigenvalue weighted by molar-refractivity contribution is 8.14. The van der Waals surface area contributed by atoms with E-state index in [2.05, 4.69) is 22.2 Å². The molecular weight excluding hydrogens is 308 g/mol. The molecule has 0 fully saturated rings. The number of pyridine rings is 1. The van der Waals surface area contributed by atoms with Crippen LogP contribution in [0.4, 0.5) is 10.5 Å². The van der Waals surface area contributed by atoms with E-state index in [1.165, 1.54) is 0 Å². The number of carbonyl (C=O) groups excluding carboxylic acids is 1. The van der Waals surface area contributed by atoms with Crippen LogP contribution in [0.2, 0.25) is 0 Å². The van der Waals surface area contributed by atoms with Crippen LogP contribution in [0, 0.1) is 0 Å². The second kappa shape index (κ2) is 7.28. The minimum absolute atomic E-state index is 0.180. The fourth-order valence-electron chi connectivity index (χ4n) is 2.22. The van der Waals surface area contributed by atoms with Crippen LogP contribution in [-0.2, 0) is 6.54 Å². The highest BCUT2D eigenvalue weighted by Gasteiger charge is 2.26. The maximum Gasteiger partial charge on any atom is 0.328 e. The van der Waals surface area contributed by atoms with Gasteiger partial charge in [0.25, 0.3) is 0 Å². The van der Waals surface area contributed by atoms with Crippen molar-refractivity contribution in [3.05, 3.63) is 60.4 Å². The summed E-state index contributed by atoms with van der Waals surface area (Å²) in [5.74, 6) is 0. The van der Waals surface area contributed by atoms with E-state index in [0.29, 0.717) is 11.8 Å². The van der Waals surface area contributed by atoms with Crippen molar-refractivity contribution >= 4 is 28.6 Å². The number of rotatable bonds is 3. The number of anilines is 1. The number of nitrogens with zero attached hydrogens (tertiary/aromatic N) is 3. The quantitative estimate of drug-likeness (QED) is 0.937. The summed E-state index contributed by atoms with van der Waals surface area (Å²) in [6, 6.07) is 13.1. The Balaban J connectivity index is 1.78. The van der Waals surface area contributed by atoms with Crippen LogP contribution < -0.4 is 5.32 Å². The number of nitrogens with one attached hydrogen (secondary N) is 1. The summed E-state index contributed by atoms with van der Waals surface area (Å²) in [5, 5.41) is 4.08. The molecule has 1 aliphatic rings. The Morgan fingerprint density at radius 2 is 2.13 bits per heavy atom. The summed E-state index contributed by atoms with van der Waals surface area (Å²) in [4.78, 5) is 23.0. The van der Waals surface area contributed by atoms with E-state index in [-0.39, 0.29) is 6.03 Å². The third-order valence-electron chi connectivity index (χ3n) is 3.35. The van der Waals surface area contributed by atoms with Gasteiger partial charge in [-0.1, -0.05) is 43.0 Å². The molecule has 23 heavy (non-hydrogen) atoms. The fourth-order valence-corrected chi connectivity index (χ4v) is 3.16. The molecule has 6 heteroatoms. The van der Waals surface area contributed by atoms with Crippen molar-refractivity contribution in [2.75, 3.05) is 11.9 Å². The van der Waals surface area contributed by atoms with Crippen LogP contribution in [0.15, 0.2) is 59.9 Å². The van der Waals surface area contributed by atoms with Crippen molar-refractivity contribution in [3.63, 3.8) is 0 Å². The Bertz CT molecular complexity index is 690. The molecule has 0 saturated carbocycles. The summed E-state index contributed by atoms with van der Waals surface area (Å²) in [7, 11) is 0. The average Bonchev–Trinajstić information content (AvgIpc) is 3.00. The second-order valence-corrected chi connectivity index (χ2v) is 6.70. The van der Waals surface area contributed by atoms with Crippen molar-refractivity contribution in [1.29, 1.82) is 0 Å². The van der Waals surface area contributed by atoms with Gasteiger partial charge in [-0.15, -0.1) is 0 Å². The fraction of sp³-hybridized carbons (Fsp3) is 0.235. The molecule has 118 valence electrons. The molecule has 3 rings (SSSR count). The first kappa shape index (κ1) is 15.6. The lowest BCUT2D eigenvalue weighted by Gasteiger charge is -2.22. The van der Waals surface area contributed by atoms with Gasteiger partial charge < -0.3 is 5.32 Å². The third-order valence-corrected chi connectivity index (χ3v) is 4.47. The zero-order valence-electron chi connectivity index (χ0n) is 12.8. The number of benzene rings is 1. The molecule has 5 nitrogen and oxygen atoms in total. The molecule has 2 heterocycles. The molecule has 2 amide bonds. The van der Waals surface area contributed by atoms with Gasteiger partial charge in [0.2, 0.25) is 0 Å². The Morgan fingerprint density at radius 3 is 2.78 bits per heavy atom. The van der Waals surface area contributed by atoms with E-state index >= 15 is 0 Å². The predicted octanol–water partition coefficient (Wildman–Crippen LogP) is 3.61. The van der Waals surface area contributed by atoms with Gasteiger partial charge >= 0.3 is 6.03 Å². The average molecular weight is 326 g/mol. The molecule has 0 saturated heterocycles. The van der Waals surface area contributed by atoms with Gasteiger partial charge in [0.15, 0.2) is 5.17 Å². The van der Waals surface area contributed by atoms with Crippen molar-refractivity contribution in [2.45, 2.75) is 18.7 Å². The van der Waals surface area contributed by atoms with Crippen LogP contribution >= 0.6 is 11.8 Å². The lowest BCUT2D eigenvalue weighted by atomic mass is 10.3. The maximum atomic E-state index is 12.7. The van der Waals surface area contributed by atoms with Crippen LogP contribution in [0.3, 0.4) is 0 Å². The molecule has 2 aromatic rings. The number of thioether (sulfide) groups is 1. The molecule has 1 aliphatic heterocycles. The molecular formula is C17H18N4OS. The molecule has 1 aromatic carbocycles. The lowest BCUT2D eigenvalue weighted by Crippen LogP contribution is -2.37. The Kier molecular flexibility index (Phi) is 4.92. The number of amides is 2. The number of hydrogen-bond acceptors (Lipinski definition) is 4. The number of urea groups is 1. The minimum atomic E-state index is -0.180. The monoisotopic (exact) mass is 326 g/mol. The largest absolute Gasteiger partial charge is 0.328 e. The van der Waals surface area contributed by atoms with Gasteiger partial charge in [0.1, 0.15) is 0 Å². The van der Waals surface area contributed by atoms with Gasteiger partial charge in [-0.25, -0.2) is 4.79 Å². The smallest absolute Gasteiger partial charge is 0.307 e. The van der Waals surface area contributed by atoms with Crippen LogP contribution in [0.5, 0.6) is 0 Å². The molecule has 1 N–H and O–H groups in total. The van der Waals surface area contributed by atoms with Crippen LogP contribution in [0.25, 0.3) is 0 Å². The molecule has 0 aliphatic carbocycles. The lowest BCUT2D eigenvalue weighted by molar-refractivity contribution is 0.233. The van der Waals surface area contributed by atoms with E-state index in [9.17, 15) is 4.79 Å². The Morgan fingerprint density at radius 1 is 1.30 bits per heavy atom. The first-order valence-corrected chi connectivity index (χ1v) is 8.34. The van der Waals surface area contributed by atoms with Crippen molar-refractivity contribution in [3.8, 4) is 0 Å². The van der Waals surface area contributed by atoms with E-state index in [0.717, 1.165) is 23.0 Å². The van der Waals surface area contributed by atoms with E-state index in [1.807, 2.05) is 42.5 Å². The van der Waals surface area contributed by atoms with Crippen molar-refractivity contribution < 1.29 is 4.79 Å². The molecule has 0 spiro atoms. The number of hydrogen-bond donors (Lipinski definition) is 1. The van der Waals surface area contributed by atoms with Crippen molar-refractivity contribution in [1.82, 2.24) is 9.88 Å². The normalized spacial score (nSPS) is 16.7. The summed E-state index contributed by atoms with van der Waals surface area (Å²) in [6.07, 6.45) is 3.49. The predicted molar refractivity (Wildman–Crippen MR) is 94.6 cm³/mol. The molecule has 0 radical (unpaired) electrons. The Labute approximate surface area is 139 Å². The zero-order valence-corrected chi connectivity index (χ0v) is 13.7. The number of para-hydroxylation sites is 1. The molecule has 1 aromatic heterocycles. The van der Waals surface area contributed by atoms with Crippen molar-refractivity contribution in [2.24, 2.45) is 4.99 Å². The zero-order chi connectivity index (χ0) is 16.1. The van der Waals surface area contributed by atoms with E-state index in [4.69, 9.17) is 0 Å². The molecule has 0 bridgehead atoms. The number of aromatic nitrogens is 1. The first-order chi connectivity index (χ1) is 11.2. The SMILES string of the molecule is C[C@H]1CN=C(N(Cc2cccnc2)C(=O)Nc2ccccc2)S1. The topological polar surface area (TPSA) is 57.6 Å². The van der Waals surface area contributed by atoms with Crippen LogP contribution in [0.1, 0.15) is 12.5 Å². The van der Waals surface area contributed by atoms with Gasteiger partial charge in [-0.3, -0.25) is 14.9 Å². The number of aliphatic imine (C=N–C) groups is 1. The Hall–Kier alpha value is -2.34.